The molecule has 10 nitrogen and oxygen atoms in total. The van der Waals surface area contributed by atoms with Crippen LogP contribution in [0.5, 0.6) is 0 Å². The summed E-state index contributed by atoms with van der Waals surface area (Å²) in [6, 6.07) is -1.05. The Bertz CT molecular complexity index is 653. The van der Waals surface area contributed by atoms with Crippen molar-refractivity contribution in [3.63, 3.8) is 0 Å². The molecule has 0 aliphatic carbocycles. The van der Waals surface area contributed by atoms with Crippen molar-refractivity contribution in [3.8, 4) is 0 Å². The largest absolute Gasteiger partial charge is 0.481 e. The van der Waals surface area contributed by atoms with Crippen LogP contribution in [-0.4, -0.2) is 71.5 Å². The normalized spacial score (nSPS) is 11.7. The molecule has 0 aliphatic rings. The van der Waals surface area contributed by atoms with Crippen LogP contribution in [0.15, 0.2) is 0 Å². The van der Waals surface area contributed by atoms with Crippen LogP contribution in [0.25, 0.3) is 0 Å². The first-order chi connectivity index (χ1) is 16.6. The van der Waals surface area contributed by atoms with E-state index in [2.05, 4.69) is 10.6 Å². The van der Waals surface area contributed by atoms with Gasteiger partial charge in [-0.05, 0) is 33.4 Å². The Morgan fingerprint density at radius 1 is 0.629 bits per heavy atom. The molecule has 0 aromatic rings. The molecule has 0 unspecified atom stereocenters. The van der Waals surface area contributed by atoms with Crippen LogP contribution in [0, 0.1) is 0 Å². The molecule has 4 N–H and O–H groups in total. The second-order valence-electron chi connectivity index (χ2n) is 9.34. The van der Waals surface area contributed by atoms with Gasteiger partial charge in [-0.2, -0.15) is 0 Å². The predicted molar refractivity (Wildman–Crippen MR) is 133 cm³/mol. The smallest absolute Gasteiger partial charge is 0.303 e. The van der Waals surface area contributed by atoms with Gasteiger partial charge in [-0.1, -0.05) is 64.2 Å². The fraction of sp³-hybridized carbons (Fsp3) is 0.800. The number of nitrogens with zero attached hydrogens (tertiary/aromatic N) is 1. The third-order valence-corrected chi connectivity index (χ3v) is 5.57. The number of unbranched alkanes of at least 4 members (excludes halogenated alkanes) is 11. The van der Waals surface area contributed by atoms with Gasteiger partial charge in [0, 0.05) is 19.3 Å². The van der Waals surface area contributed by atoms with Crippen molar-refractivity contribution in [2.45, 2.75) is 109 Å². The molecule has 0 radical (unpaired) electrons. The zero-order valence-electron chi connectivity index (χ0n) is 21.5. The Balaban J connectivity index is 3.94. The van der Waals surface area contributed by atoms with Crippen LogP contribution in [-0.2, 0) is 24.0 Å². The summed E-state index contributed by atoms with van der Waals surface area (Å²) < 4.78 is 0. The van der Waals surface area contributed by atoms with E-state index >= 15 is 0 Å². The van der Waals surface area contributed by atoms with Gasteiger partial charge in [0.2, 0.25) is 17.7 Å². The Kier molecular flexibility index (Phi) is 19.4. The van der Waals surface area contributed by atoms with Gasteiger partial charge in [0.1, 0.15) is 6.04 Å². The first-order valence-corrected chi connectivity index (χ1v) is 12.8. The van der Waals surface area contributed by atoms with Crippen molar-refractivity contribution >= 4 is 29.7 Å². The second kappa shape index (κ2) is 20.8. The first kappa shape index (κ1) is 32.5. The molecule has 1 atom stereocenters. The SMILES string of the molecule is CN(C)CC(=O)NC(=O)[C@H](CCC(=O)O)NC(=O)CCCCCCCCCCCCCCC(=O)O. The Hall–Kier alpha value is -2.49. The lowest BCUT2D eigenvalue weighted by atomic mass is 10.0. The van der Waals surface area contributed by atoms with Crippen LogP contribution >= 0.6 is 0 Å². The number of hydrogen-bond donors (Lipinski definition) is 4. The average Bonchev–Trinajstić information content (AvgIpc) is 2.75. The topological polar surface area (TPSA) is 153 Å². The van der Waals surface area contributed by atoms with Crippen molar-refractivity contribution in [3.05, 3.63) is 0 Å². The van der Waals surface area contributed by atoms with E-state index in [1.165, 1.54) is 19.3 Å². The van der Waals surface area contributed by atoms with E-state index in [1.54, 1.807) is 19.0 Å². The molecule has 10 heteroatoms. The van der Waals surface area contributed by atoms with Gasteiger partial charge >= 0.3 is 11.9 Å². The summed E-state index contributed by atoms with van der Waals surface area (Å²) in [5.41, 5.74) is 0. The van der Waals surface area contributed by atoms with E-state index in [0.29, 0.717) is 6.42 Å². The summed E-state index contributed by atoms with van der Waals surface area (Å²) in [6.45, 7) is 0.0138. The Morgan fingerprint density at radius 2 is 1.06 bits per heavy atom. The summed E-state index contributed by atoms with van der Waals surface area (Å²) in [7, 11) is 3.37. The highest BCUT2D eigenvalue weighted by Gasteiger charge is 2.23. The maximum absolute atomic E-state index is 12.3. The van der Waals surface area contributed by atoms with Gasteiger partial charge in [-0.3, -0.25) is 29.3 Å². The van der Waals surface area contributed by atoms with Crippen LogP contribution in [0.4, 0.5) is 0 Å². The molecule has 0 aromatic heterocycles. The summed E-state index contributed by atoms with van der Waals surface area (Å²) in [5.74, 6) is -3.31. The summed E-state index contributed by atoms with van der Waals surface area (Å²) in [6.07, 6.45) is 12.6. The highest BCUT2D eigenvalue weighted by atomic mass is 16.4. The molecule has 0 rings (SSSR count). The van der Waals surface area contributed by atoms with Crippen LogP contribution in [0.1, 0.15) is 103 Å². The molecule has 0 heterocycles. The van der Waals surface area contributed by atoms with Gasteiger partial charge in [-0.25, -0.2) is 0 Å². The number of hydrogen-bond acceptors (Lipinski definition) is 6. The van der Waals surface area contributed by atoms with E-state index < -0.39 is 29.8 Å². The molecule has 0 aliphatic heterocycles. The lowest BCUT2D eigenvalue weighted by molar-refractivity contribution is -0.139. The number of carboxylic acid groups (broad SMARTS) is 2. The van der Waals surface area contributed by atoms with Crippen LogP contribution in [0.3, 0.4) is 0 Å². The number of aliphatic carboxylic acids is 2. The highest BCUT2D eigenvalue weighted by molar-refractivity contribution is 6.00. The molecule has 35 heavy (non-hydrogen) atoms. The number of carbonyl (C=O) groups is 5. The minimum absolute atomic E-state index is 0.0138. The van der Waals surface area contributed by atoms with E-state index in [4.69, 9.17) is 10.2 Å². The highest BCUT2D eigenvalue weighted by Crippen LogP contribution is 2.13. The van der Waals surface area contributed by atoms with E-state index in [-0.39, 0.29) is 38.1 Å². The number of carbonyl (C=O) groups excluding carboxylic acids is 3. The lowest BCUT2D eigenvalue weighted by Crippen LogP contribution is -2.50. The molecule has 0 aromatic carbocycles. The van der Waals surface area contributed by atoms with Crippen LogP contribution < -0.4 is 10.6 Å². The van der Waals surface area contributed by atoms with Gasteiger partial charge in [0.05, 0.1) is 6.54 Å². The van der Waals surface area contributed by atoms with Gasteiger partial charge in [0.25, 0.3) is 0 Å². The maximum atomic E-state index is 12.3. The van der Waals surface area contributed by atoms with E-state index in [0.717, 1.165) is 51.4 Å². The van der Waals surface area contributed by atoms with Gasteiger partial charge in [-0.15, -0.1) is 0 Å². The summed E-state index contributed by atoms with van der Waals surface area (Å²) in [5, 5.41) is 22.3. The Labute approximate surface area is 209 Å². The monoisotopic (exact) mass is 499 g/mol. The molecular weight excluding hydrogens is 454 g/mol. The number of rotatable bonds is 22. The number of imide groups is 1. The zero-order valence-corrected chi connectivity index (χ0v) is 21.5. The van der Waals surface area contributed by atoms with Crippen molar-refractivity contribution in [1.82, 2.24) is 15.5 Å². The molecule has 0 bridgehead atoms. The van der Waals surface area contributed by atoms with Gasteiger partial charge < -0.3 is 20.4 Å². The third kappa shape index (κ3) is 21.8. The number of amides is 3. The minimum atomic E-state index is -1.08. The van der Waals surface area contributed by atoms with Crippen molar-refractivity contribution in [1.29, 1.82) is 0 Å². The lowest BCUT2D eigenvalue weighted by Gasteiger charge is -2.18. The fourth-order valence-electron chi connectivity index (χ4n) is 3.68. The van der Waals surface area contributed by atoms with E-state index in [9.17, 15) is 24.0 Å². The maximum Gasteiger partial charge on any atom is 0.303 e. The molecule has 202 valence electrons. The fourth-order valence-corrected chi connectivity index (χ4v) is 3.68. The van der Waals surface area contributed by atoms with Crippen molar-refractivity contribution in [2.24, 2.45) is 0 Å². The van der Waals surface area contributed by atoms with E-state index in [1.807, 2.05) is 0 Å². The van der Waals surface area contributed by atoms with Crippen molar-refractivity contribution in [2.75, 3.05) is 20.6 Å². The standard InChI is InChI=1S/C25H45N3O7/c1-28(2)19-22(30)27-25(35)20(17-18-24(33)34)26-21(29)15-13-11-9-7-5-3-4-6-8-10-12-14-16-23(31)32/h20H,3-19H2,1-2H3,(H,26,29)(H,31,32)(H,33,34)(H,27,30,35)/t20-/m0/s1. The number of nitrogens with one attached hydrogen (secondary N) is 2. The third-order valence-electron chi connectivity index (χ3n) is 5.57. The zero-order chi connectivity index (χ0) is 26.5. The molecular formula is C25H45N3O7. The summed E-state index contributed by atoms with van der Waals surface area (Å²) in [4.78, 5) is 59.3. The molecule has 0 spiro atoms. The number of likely N-dealkylation sites (N-methyl/N-ethyl adjacent to an activating group) is 1. The summed E-state index contributed by atoms with van der Waals surface area (Å²) >= 11 is 0. The molecule has 0 fully saturated rings. The predicted octanol–water partition coefficient (Wildman–Crippen LogP) is 3.09. The van der Waals surface area contributed by atoms with Crippen LogP contribution in [0.2, 0.25) is 0 Å². The quantitative estimate of drug-likeness (QED) is 0.166. The number of carboxylic acids is 2. The molecule has 0 saturated heterocycles. The van der Waals surface area contributed by atoms with Gasteiger partial charge in [0.15, 0.2) is 0 Å². The molecule has 0 saturated carbocycles. The second-order valence-corrected chi connectivity index (χ2v) is 9.34. The van der Waals surface area contributed by atoms with Crippen molar-refractivity contribution < 1.29 is 34.2 Å². The minimum Gasteiger partial charge on any atom is -0.481 e. The Morgan fingerprint density at radius 3 is 1.49 bits per heavy atom. The first-order valence-electron chi connectivity index (χ1n) is 12.8. The average molecular weight is 500 g/mol. The molecule has 3 amide bonds.